The van der Waals surface area contributed by atoms with Gasteiger partial charge in [-0.15, -0.1) is 23.1 Å². The number of carbonyl (C=O) groups is 3. The van der Waals surface area contributed by atoms with Crippen LogP contribution in [0.5, 0.6) is 0 Å². The van der Waals surface area contributed by atoms with Crippen molar-refractivity contribution in [3.05, 3.63) is 40.8 Å². The number of rotatable bonds is 7. The second-order valence-corrected chi connectivity index (χ2v) is 10.8. The van der Waals surface area contributed by atoms with Gasteiger partial charge in [-0.3, -0.25) is 14.5 Å². The number of hydrogen-bond acceptors (Lipinski definition) is 12. The van der Waals surface area contributed by atoms with Crippen LogP contribution in [0, 0.1) is 0 Å². The van der Waals surface area contributed by atoms with Crippen molar-refractivity contribution in [2.24, 2.45) is 5.16 Å². The average Bonchev–Trinajstić information content (AvgIpc) is 3.44. The molecule has 1 fully saturated rings. The number of nitrogens with zero attached hydrogens (tertiary/aromatic N) is 5. The van der Waals surface area contributed by atoms with Crippen LogP contribution in [0.3, 0.4) is 0 Å². The van der Waals surface area contributed by atoms with Gasteiger partial charge in [-0.2, -0.15) is 4.57 Å². The molecule has 0 radical (unpaired) electrons. The predicted molar refractivity (Wildman–Crippen MR) is 134 cm³/mol. The fourth-order valence-electron chi connectivity index (χ4n) is 3.96. The maximum atomic E-state index is 13.0. The standard InChI is InChI=1S/C20H18N8O5S3/c1-33-26-12(10-7-35-19(21)24-10)15(29)25-13-16(30)28-14(18(31)32)8(6-34-17(13)28)4-27-3-2-11-9(5-27)23-20(22)36-11/h2-3,5,7,13,17H,4,6H2,1H3,(H5-,21,22,23,24,25,29,31,32)/p+1/b26-12-/t13?,17-/m0/s1. The first-order chi connectivity index (χ1) is 17.3. The van der Waals surface area contributed by atoms with E-state index in [-0.39, 0.29) is 28.8 Å². The first-order valence-electron chi connectivity index (χ1n) is 10.3. The molecule has 13 nitrogen and oxygen atoms in total. The van der Waals surface area contributed by atoms with Crippen LogP contribution in [-0.2, 0) is 25.8 Å². The molecular formula is C20H19N8O5S3+. The Bertz CT molecular complexity index is 1460. The molecule has 0 aliphatic carbocycles. The number of pyridine rings is 1. The molecule has 0 saturated carbocycles. The molecule has 2 atom stereocenters. The van der Waals surface area contributed by atoms with Crippen molar-refractivity contribution in [1.82, 2.24) is 20.2 Å². The van der Waals surface area contributed by atoms with E-state index in [1.807, 2.05) is 12.3 Å². The number of aliphatic carboxylic acids is 1. The van der Waals surface area contributed by atoms with Crippen molar-refractivity contribution in [3.8, 4) is 0 Å². The van der Waals surface area contributed by atoms with Gasteiger partial charge in [0.2, 0.25) is 0 Å². The van der Waals surface area contributed by atoms with Gasteiger partial charge in [-0.05, 0) is 0 Å². The largest absolute Gasteiger partial charge is 0.477 e. The molecule has 5 heterocycles. The van der Waals surface area contributed by atoms with E-state index >= 15 is 0 Å². The Morgan fingerprint density at radius 2 is 2.17 bits per heavy atom. The number of nitrogens with two attached hydrogens (primary N) is 2. The van der Waals surface area contributed by atoms with E-state index in [4.69, 9.17) is 16.3 Å². The smallest absolute Gasteiger partial charge is 0.352 e. The Kier molecular flexibility index (Phi) is 6.23. The van der Waals surface area contributed by atoms with Crippen LogP contribution < -0.4 is 21.4 Å². The molecule has 2 amide bonds. The van der Waals surface area contributed by atoms with Gasteiger partial charge in [-0.1, -0.05) is 16.5 Å². The summed E-state index contributed by atoms with van der Waals surface area (Å²) in [6.45, 7) is 0.255. The topological polar surface area (TPSA) is 190 Å². The number of oxime groups is 1. The lowest BCUT2D eigenvalue weighted by molar-refractivity contribution is -0.687. The summed E-state index contributed by atoms with van der Waals surface area (Å²) in [6, 6.07) is 0.928. The highest BCUT2D eigenvalue weighted by Gasteiger charge is 2.54. The SMILES string of the molecule is CO/N=C(\C(=O)NC1C(=O)N2C(C(=O)O)=C(C[n+]3ccc4sc(N)nc4c3)CS[C@@H]12)c1csc(N)n1. The number of carbonyl (C=O) groups excluding carboxylic acids is 2. The van der Waals surface area contributed by atoms with Crippen molar-refractivity contribution >= 4 is 78.4 Å². The zero-order valence-corrected chi connectivity index (χ0v) is 21.0. The number of thioether (sulfide) groups is 1. The summed E-state index contributed by atoms with van der Waals surface area (Å²) in [7, 11) is 1.28. The normalized spacial score (nSPS) is 19.8. The number of fused-ring (bicyclic) bond motifs is 2. The maximum absolute atomic E-state index is 13.0. The molecular weight excluding hydrogens is 528 g/mol. The van der Waals surface area contributed by atoms with Gasteiger partial charge in [-0.25, -0.2) is 14.8 Å². The maximum Gasteiger partial charge on any atom is 0.352 e. The number of nitrogen functional groups attached to an aromatic ring is 2. The molecule has 36 heavy (non-hydrogen) atoms. The fourth-order valence-corrected chi connectivity index (χ4v) is 6.55. The third-order valence-corrected chi connectivity index (χ3v) is 8.35. The number of aromatic nitrogens is 3. The van der Waals surface area contributed by atoms with Crippen LogP contribution in [0.2, 0.25) is 0 Å². The lowest BCUT2D eigenvalue weighted by Crippen LogP contribution is -2.71. The number of β-lactam (4-membered cyclic amide) rings is 1. The van der Waals surface area contributed by atoms with Crippen molar-refractivity contribution in [2.45, 2.75) is 18.0 Å². The molecule has 5 rings (SSSR count). The summed E-state index contributed by atoms with van der Waals surface area (Å²) < 4.78 is 2.72. The zero-order chi connectivity index (χ0) is 25.6. The minimum absolute atomic E-state index is 0.0855. The number of carboxylic acid groups (broad SMARTS) is 1. The van der Waals surface area contributed by atoms with Crippen molar-refractivity contribution in [3.63, 3.8) is 0 Å². The molecule has 2 aliphatic rings. The van der Waals surface area contributed by atoms with Gasteiger partial charge in [0.1, 0.15) is 35.4 Å². The molecule has 186 valence electrons. The van der Waals surface area contributed by atoms with Crippen molar-refractivity contribution in [1.29, 1.82) is 0 Å². The highest BCUT2D eigenvalue weighted by molar-refractivity contribution is 8.00. The summed E-state index contributed by atoms with van der Waals surface area (Å²) in [5, 5.41) is 17.9. The molecule has 0 spiro atoms. The monoisotopic (exact) mass is 547 g/mol. The molecule has 16 heteroatoms. The average molecular weight is 548 g/mol. The van der Waals surface area contributed by atoms with Gasteiger partial charge in [0.25, 0.3) is 11.8 Å². The summed E-state index contributed by atoms with van der Waals surface area (Å²) in [4.78, 5) is 52.3. The molecule has 0 bridgehead atoms. The van der Waals surface area contributed by atoms with Crippen molar-refractivity contribution < 1.29 is 28.9 Å². The fraction of sp³-hybridized carbons (Fsp3) is 0.250. The van der Waals surface area contributed by atoms with Crippen LogP contribution in [0.1, 0.15) is 5.69 Å². The Hall–Kier alpha value is -3.76. The van der Waals surface area contributed by atoms with E-state index in [1.54, 1.807) is 16.1 Å². The summed E-state index contributed by atoms with van der Waals surface area (Å²) in [6.07, 6.45) is 3.60. The number of hydrogen-bond donors (Lipinski definition) is 4. The van der Waals surface area contributed by atoms with Gasteiger partial charge < -0.3 is 26.7 Å². The highest BCUT2D eigenvalue weighted by Crippen LogP contribution is 2.40. The van der Waals surface area contributed by atoms with Crippen molar-refractivity contribution in [2.75, 3.05) is 24.3 Å². The Labute approximate surface area is 215 Å². The van der Waals surface area contributed by atoms with E-state index in [0.29, 0.717) is 22.0 Å². The predicted octanol–water partition coefficient (Wildman–Crippen LogP) is -0.00600. The third-order valence-electron chi connectivity index (χ3n) is 5.48. The lowest BCUT2D eigenvalue weighted by Gasteiger charge is -2.49. The number of amides is 2. The van der Waals surface area contributed by atoms with Gasteiger partial charge >= 0.3 is 5.97 Å². The van der Waals surface area contributed by atoms with E-state index < -0.39 is 29.2 Å². The number of anilines is 2. The minimum Gasteiger partial charge on any atom is -0.477 e. The summed E-state index contributed by atoms with van der Waals surface area (Å²) in [5.74, 6) is -2.07. The van der Waals surface area contributed by atoms with E-state index in [0.717, 1.165) is 16.0 Å². The van der Waals surface area contributed by atoms with Crippen LogP contribution in [0.4, 0.5) is 10.3 Å². The second-order valence-electron chi connectivity index (χ2n) is 7.73. The Morgan fingerprint density at radius 1 is 1.36 bits per heavy atom. The molecule has 6 N–H and O–H groups in total. The molecule has 1 saturated heterocycles. The first-order valence-corrected chi connectivity index (χ1v) is 13.1. The number of nitrogens with one attached hydrogen (secondary N) is 1. The van der Waals surface area contributed by atoms with Crippen LogP contribution in [0.25, 0.3) is 10.2 Å². The van der Waals surface area contributed by atoms with E-state index in [1.165, 1.54) is 35.1 Å². The zero-order valence-electron chi connectivity index (χ0n) is 18.6. The minimum atomic E-state index is -1.22. The molecule has 3 aromatic heterocycles. The molecule has 2 aliphatic heterocycles. The van der Waals surface area contributed by atoms with Crippen LogP contribution >= 0.6 is 34.4 Å². The number of thiazole rings is 2. The highest BCUT2D eigenvalue weighted by atomic mass is 32.2. The second kappa shape index (κ2) is 9.36. The molecule has 0 aromatic carbocycles. The summed E-state index contributed by atoms with van der Waals surface area (Å²) >= 11 is 3.86. The van der Waals surface area contributed by atoms with Gasteiger partial charge in [0.15, 0.2) is 34.9 Å². The van der Waals surface area contributed by atoms with Crippen LogP contribution in [-0.4, -0.2) is 67.7 Å². The first kappa shape index (κ1) is 24.0. The molecule has 3 aromatic rings. The van der Waals surface area contributed by atoms with E-state index in [2.05, 4.69) is 20.4 Å². The Balaban J connectivity index is 1.36. The molecule has 1 unspecified atom stereocenters. The lowest BCUT2D eigenvalue weighted by atomic mass is 10.0. The summed E-state index contributed by atoms with van der Waals surface area (Å²) in [5.41, 5.74) is 12.7. The Morgan fingerprint density at radius 3 is 2.86 bits per heavy atom. The quantitative estimate of drug-likeness (QED) is 0.135. The third kappa shape index (κ3) is 4.22. The van der Waals surface area contributed by atoms with E-state index in [9.17, 15) is 19.5 Å². The van der Waals surface area contributed by atoms with Gasteiger partial charge in [0.05, 0.1) is 4.70 Å². The number of carboxylic acids is 1. The van der Waals surface area contributed by atoms with Crippen LogP contribution in [0.15, 0.2) is 40.3 Å². The van der Waals surface area contributed by atoms with Gasteiger partial charge in [0, 0.05) is 22.8 Å².